The fourth-order valence-electron chi connectivity index (χ4n) is 5.50. The Labute approximate surface area is 230 Å². The molecule has 1 saturated heterocycles. The molecule has 3 aliphatic rings. The van der Waals surface area contributed by atoms with Crippen molar-refractivity contribution in [3.8, 4) is 0 Å². The van der Waals surface area contributed by atoms with Crippen LogP contribution in [0.2, 0.25) is 18.1 Å². The van der Waals surface area contributed by atoms with Gasteiger partial charge >= 0.3 is 0 Å². The van der Waals surface area contributed by atoms with Gasteiger partial charge in [-0.05, 0) is 54.7 Å². The van der Waals surface area contributed by atoms with Gasteiger partial charge in [0.2, 0.25) is 5.91 Å². The van der Waals surface area contributed by atoms with Gasteiger partial charge in [-0.1, -0.05) is 36.7 Å². The van der Waals surface area contributed by atoms with Gasteiger partial charge in [0.15, 0.2) is 14.1 Å². The molecule has 3 aliphatic heterocycles. The molecule has 2 aromatic rings. The molecule has 2 unspecified atom stereocenters. The van der Waals surface area contributed by atoms with Crippen LogP contribution < -0.4 is 4.90 Å². The zero-order valence-corrected chi connectivity index (χ0v) is 25.7. The molecule has 0 saturated carbocycles. The third-order valence-corrected chi connectivity index (χ3v) is 13.8. The van der Waals surface area contributed by atoms with Crippen molar-refractivity contribution < 1.29 is 14.0 Å². The van der Waals surface area contributed by atoms with Crippen molar-refractivity contribution in [2.75, 3.05) is 37.8 Å². The Morgan fingerprint density at radius 1 is 1.30 bits per heavy atom. The Morgan fingerprint density at radius 2 is 2.08 bits per heavy atom. The minimum absolute atomic E-state index is 0.122. The van der Waals surface area contributed by atoms with E-state index in [2.05, 4.69) is 77.6 Å². The lowest BCUT2D eigenvalue weighted by molar-refractivity contribution is -0.129. The summed E-state index contributed by atoms with van der Waals surface area (Å²) >= 11 is 3.70. The second-order valence-corrected chi connectivity index (χ2v) is 18.2. The number of carbonyl (C=O) groups excluding carboxylic acids is 1. The van der Waals surface area contributed by atoms with Gasteiger partial charge in [0.05, 0.1) is 19.2 Å². The van der Waals surface area contributed by atoms with Crippen LogP contribution in [-0.2, 0) is 33.3 Å². The van der Waals surface area contributed by atoms with Crippen molar-refractivity contribution >= 4 is 41.7 Å². The number of aromatic nitrogens is 2. The number of hydrogen-bond acceptors (Lipinski definition) is 5. The second kappa shape index (κ2) is 10.1. The van der Waals surface area contributed by atoms with E-state index in [4.69, 9.17) is 14.3 Å². The number of carbonyl (C=O) groups is 1. The molecule has 4 heterocycles. The van der Waals surface area contributed by atoms with Crippen LogP contribution in [-0.4, -0.2) is 61.8 Å². The molecule has 5 rings (SSSR count). The van der Waals surface area contributed by atoms with E-state index in [-0.39, 0.29) is 17.0 Å². The Hall–Kier alpha value is -1.68. The standard InChI is InChI=1S/C28H41BrN4O3Si/c1-19(34)31-11-9-26-24(16-31)27(30-33(26)23-10-12-35-18-23)32-15-20(17-36-37(5,6)28(2,3)4)13-21-14-22(29)7-8-25(21)32/h7-8,14,20,23H,9-13,15-18H2,1-6H3. The van der Waals surface area contributed by atoms with Gasteiger partial charge in [-0.2, -0.15) is 5.10 Å². The number of anilines is 2. The molecular formula is C28H41BrN4O3Si. The van der Waals surface area contributed by atoms with Crippen LogP contribution in [0.25, 0.3) is 0 Å². The topological polar surface area (TPSA) is 59.8 Å². The molecular weight excluding hydrogens is 548 g/mol. The lowest BCUT2D eigenvalue weighted by Gasteiger charge is -2.40. The number of fused-ring (bicyclic) bond motifs is 2. The number of hydrogen-bond donors (Lipinski definition) is 0. The minimum Gasteiger partial charge on any atom is -0.416 e. The predicted octanol–water partition coefficient (Wildman–Crippen LogP) is 5.84. The fourth-order valence-corrected chi connectivity index (χ4v) is 6.99. The van der Waals surface area contributed by atoms with Gasteiger partial charge in [-0.15, -0.1) is 0 Å². The molecule has 1 fully saturated rings. The van der Waals surface area contributed by atoms with Crippen LogP contribution in [0.4, 0.5) is 11.5 Å². The predicted molar refractivity (Wildman–Crippen MR) is 153 cm³/mol. The van der Waals surface area contributed by atoms with Crippen LogP contribution in [0, 0.1) is 5.92 Å². The highest BCUT2D eigenvalue weighted by atomic mass is 79.9. The van der Waals surface area contributed by atoms with Gasteiger partial charge < -0.3 is 19.0 Å². The highest BCUT2D eigenvalue weighted by molar-refractivity contribution is 9.10. The number of rotatable bonds is 5. The molecule has 0 aliphatic carbocycles. The molecule has 1 aromatic heterocycles. The Bertz CT molecular complexity index is 1170. The molecule has 1 aromatic carbocycles. The van der Waals surface area contributed by atoms with E-state index in [1.54, 1.807) is 6.92 Å². The summed E-state index contributed by atoms with van der Waals surface area (Å²) in [6, 6.07) is 6.84. The van der Waals surface area contributed by atoms with Crippen molar-refractivity contribution in [3.63, 3.8) is 0 Å². The minimum atomic E-state index is -1.86. The Kier molecular flexibility index (Phi) is 7.37. The fraction of sp³-hybridized carbons (Fsp3) is 0.643. The molecule has 37 heavy (non-hydrogen) atoms. The lowest BCUT2D eigenvalue weighted by atomic mass is 9.92. The molecule has 0 radical (unpaired) electrons. The summed E-state index contributed by atoms with van der Waals surface area (Å²) in [4.78, 5) is 16.7. The lowest BCUT2D eigenvalue weighted by Crippen LogP contribution is -2.44. The largest absolute Gasteiger partial charge is 0.416 e. The molecule has 7 nitrogen and oxygen atoms in total. The van der Waals surface area contributed by atoms with Crippen LogP contribution in [0.1, 0.15) is 57.0 Å². The summed E-state index contributed by atoms with van der Waals surface area (Å²) in [5, 5.41) is 5.46. The molecule has 9 heteroatoms. The van der Waals surface area contributed by atoms with Gasteiger partial charge in [0.25, 0.3) is 0 Å². The zero-order chi connectivity index (χ0) is 26.5. The maximum atomic E-state index is 12.4. The summed E-state index contributed by atoms with van der Waals surface area (Å²) in [5.74, 6) is 1.48. The molecule has 0 bridgehead atoms. The monoisotopic (exact) mass is 588 g/mol. The van der Waals surface area contributed by atoms with E-state index in [0.29, 0.717) is 19.1 Å². The van der Waals surface area contributed by atoms with Gasteiger partial charge in [0.1, 0.15) is 0 Å². The number of halogens is 1. The van der Waals surface area contributed by atoms with Crippen LogP contribution in [0.3, 0.4) is 0 Å². The molecule has 1 amide bonds. The van der Waals surface area contributed by atoms with Gasteiger partial charge in [-0.3, -0.25) is 9.48 Å². The first kappa shape index (κ1) is 26.9. The quantitative estimate of drug-likeness (QED) is 0.410. The second-order valence-electron chi connectivity index (χ2n) is 12.4. The smallest absolute Gasteiger partial charge is 0.219 e. The molecule has 0 N–H and O–H groups in total. The van der Waals surface area contributed by atoms with Crippen LogP contribution >= 0.6 is 15.9 Å². The summed E-state index contributed by atoms with van der Waals surface area (Å²) in [7, 11) is -1.86. The van der Waals surface area contributed by atoms with Crippen molar-refractivity contribution in [2.45, 2.75) is 77.7 Å². The molecule has 202 valence electrons. The molecule has 2 atom stereocenters. The van der Waals surface area contributed by atoms with E-state index in [0.717, 1.165) is 55.9 Å². The van der Waals surface area contributed by atoms with Gasteiger partial charge in [0, 0.05) is 67.0 Å². The number of ether oxygens (including phenoxy) is 1. The third-order valence-electron chi connectivity index (χ3n) is 8.79. The van der Waals surface area contributed by atoms with E-state index in [1.165, 1.54) is 22.5 Å². The maximum Gasteiger partial charge on any atom is 0.219 e. The van der Waals surface area contributed by atoms with Crippen molar-refractivity contribution in [2.24, 2.45) is 5.92 Å². The van der Waals surface area contributed by atoms with Gasteiger partial charge in [-0.25, -0.2) is 0 Å². The van der Waals surface area contributed by atoms with E-state index >= 15 is 0 Å². The average molecular weight is 590 g/mol. The van der Waals surface area contributed by atoms with E-state index in [9.17, 15) is 4.79 Å². The van der Waals surface area contributed by atoms with Crippen molar-refractivity contribution in [1.29, 1.82) is 0 Å². The van der Waals surface area contributed by atoms with E-state index in [1.807, 2.05) is 4.90 Å². The first-order valence-corrected chi connectivity index (χ1v) is 17.3. The SMILES string of the molecule is CC(=O)N1CCc2c(c(N3CC(CO[Si](C)(C)C(C)(C)C)Cc4cc(Br)ccc43)nn2C2CCOC2)C1. The number of nitrogens with zero attached hydrogens (tertiary/aromatic N) is 4. The highest BCUT2D eigenvalue weighted by Gasteiger charge is 2.39. The van der Waals surface area contributed by atoms with Crippen molar-refractivity contribution in [3.05, 3.63) is 39.5 Å². The maximum absolute atomic E-state index is 12.4. The Morgan fingerprint density at radius 3 is 2.76 bits per heavy atom. The summed E-state index contributed by atoms with van der Waals surface area (Å²) in [6.45, 7) is 17.7. The normalized spacial score (nSPS) is 22.2. The third kappa shape index (κ3) is 5.29. The Balaban J connectivity index is 1.53. The van der Waals surface area contributed by atoms with E-state index < -0.39 is 8.32 Å². The average Bonchev–Trinajstić information content (AvgIpc) is 3.49. The summed E-state index contributed by atoms with van der Waals surface area (Å²) < 4.78 is 15.8. The molecule has 0 spiro atoms. The summed E-state index contributed by atoms with van der Waals surface area (Å²) in [5.41, 5.74) is 4.98. The zero-order valence-electron chi connectivity index (χ0n) is 23.1. The first-order valence-electron chi connectivity index (χ1n) is 13.6. The van der Waals surface area contributed by atoms with Crippen molar-refractivity contribution in [1.82, 2.24) is 14.7 Å². The van der Waals surface area contributed by atoms with Crippen LogP contribution in [0.5, 0.6) is 0 Å². The van der Waals surface area contributed by atoms with Crippen LogP contribution in [0.15, 0.2) is 22.7 Å². The first-order chi connectivity index (χ1) is 17.4. The highest BCUT2D eigenvalue weighted by Crippen LogP contribution is 2.42. The number of benzene rings is 1. The summed E-state index contributed by atoms with van der Waals surface area (Å²) in [6.07, 6.45) is 2.80. The number of amides is 1.